The molecular formula is C28H45N9O5S. The Morgan fingerprint density at radius 1 is 0.930 bits per heavy atom. The van der Waals surface area contributed by atoms with Gasteiger partial charge in [-0.1, -0.05) is 18.2 Å². The topological polar surface area (TPSA) is 257 Å². The molecule has 0 saturated heterocycles. The maximum atomic E-state index is 13.7. The van der Waals surface area contributed by atoms with Crippen LogP contribution in [0, 0.1) is 0 Å². The van der Waals surface area contributed by atoms with Crippen LogP contribution in [0.25, 0.3) is 10.9 Å². The van der Waals surface area contributed by atoms with E-state index in [0.29, 0.717) is 38.1 Å². The molecule has 4 unspecified atom stereocenters. The Hall–Kier alpha value is -3.82. The molecule has 13 N–H and O–H groups in total. The fourth-order valence-corrected chi connectivity index (χ4v) is 4.93. The van der Waals surface area contributed by atoms with E-state index in [1.165, 1.54) is 11.8 Å². The maximum absolute atomic E-state index is 13.7. The number of amides is 3. The highest BCUT2D eigenvalue weighted by Crippen LogP contribution is 2.19. The summed E-state index contributed by atoms with van der Waals surface area (Å²) in [6.07, 6.45) is 6.10. The van der Waals surface area contributed by atoms with Gasteiger partial charge in [0.15, 0.2) is 5.96 Å². The first-order chi connectivity index (χ1) is 20.6. The number of unbranched alkanes of at least 4 members (excludes halogenated alkanes) is 1. The number of carbonyl (C=O) groups is 4. The molecule has 0 spiro atoms. The summed E-state index contributed by atoms with van der Waals surface area (Å²) < 4.78 is 0. The van der Waals surface area contributed by atoms with E-state index in [9.17, 15) is 24.3 Å². The number of thioether (sulfide) groups is 1. The van der Waals surface area contributed by atoms with E-state index in [1.54, 1.807) is 6.20 Å². The average molecular weight is 620 g/mol. The number of H-pyrrole nitrogens is 1. The van der Waals surface area contributed by atoms with Gasteiger partial charge in [-0.05, 0) is 68.7 Å². The number of nitrogens with one attached hydrogen (secondary N) is 4. The van der Waals surface area contributed by atoms with E-state index in [0.717, 1.165) is 16.5 Å². The van der Waals surface area contributed by atoms with Crippen LogP contribution >= 0.6 is 11.8 Å². The summed E-state index contributed by atoms with van der Waals surface area (Å²) in [5.74, 6) is -2.44. The summed E-state index contributed by atoms with van der Waals surface area (Å²) in [6.45, 7) is 0.717. The lowest BCUT2D eigenvalue weighted by Crippen LogP contribution is -2.57. The second-order valence-corrected chi connectivity index (χ2v) is 11.2. The molecular weight excluding hydrogens is 574 g/mol. The lowest BCUT2D eigenvalue weighted by atomic mass is 10.0. The normalized spacial score (nSPS) is 13.8. The van der Waals surface area contributed by atoms with Crippen LogP contribution in [0.3, 0.4) is 0 Å². The molecule has 4 atom stereocenters. The quantitative estimate of drug-likeness (QED) is 0.0522. The number of fused-ring (bicyclic) bond motifs is 1. The number of aromatic nitrogens is 1. The highest BCUT2D eigenvalue weighted by atomic mass is 32.2. The molecule has 1 aromatic heterocycles. The van der Waals surface area contributed by atoms with Crippen LogP contribution < -0.4 is 38.9 Å². The van der Waals surface area contributed by atoms with Gasteiger partial charge in [0.2, 0.25) is 17.7 Å². The van der Waals surface area contributed by atoms with E-state index < -0.39 is 47.9 Å². The number of aliphatic imine (C=N–C) groups is 1. The summed E-state index contributed by atoms with van der Waals surface area (Å²) in [5, 5.41) is 18.5. The number of nitrogens with zero attached hydrogens (tertiary/aromatic N) is 1. The third-order valence-electron chi connectivity index (χ3n) is 6.84. The van der Waals surface area contributed by atoms with Crippen molar-refractivity contribution in [2.45, 2.75) is 69.1 Å². The molecule has 0 radical (unpaired) electrons. The molecule has 0 aliphatic heterocycles. The van der Waals surface area contributed by atoms with Gasteiger partial charge in [0.25, 0.3) is 0 Å². The van der Waals surface area contributed by atoms with Crippen molar-refractivity contribution in [1.29, 1.82) is 0 Å². The monoisotopic (exact) mass is 619 g/mol. The molecule has 2 aromatic rings. The molecule has 238 valence electrons. The summed E-state index contributed by atoms with van der Waals surface area (Å²) in [4.78, 5) is 58.7. The number of aromatic amines is 1. The van der Waals surface area contributed by atoms with Crippen LogP contribution in [-0.2, 0) is 25.6 Å². The second-order valence-electron chi connectivity index (χ2n) is 10.2. The fraction of sp³-hybridized carbons (Fsp3) is 0.536. The van der Waals surface area contributed by atoms with Crippen LogP contribution in [0.15, 0.2) is 35.5 Å². The highest BCUT2D eigenvalue weighted by Gasteiger charge is 2.30. The number of para-hydroxylation sites is 1. The zero-order chi connectivity index (χ0) is 31.8. The van der Waals surface area contributed by atoms with E-state index >= 15 is 0 Å². The maximum Gasteiger partial charge on any atom is 0.326 e. The van der Waals surface area contributed by atoms with Crippen molar-refractivity contribution < 1.29 is 24.3 Å². The van der Waals surface area contributed by atoms with Crippen molar-refractivity contribution in [3.8, 4) is 0 Å². The SMILES string of the molecule is CSCCC(NC(=O)C(Cc1c[nH]c2ccccc12)NC(=O)C(N)CCCN=C(N)N)C(=O)NC(CCCCN)C(=O)O. The molecule has 14 nitrogen and oxygen atoms in total. The summed E-state index contributed by atoms with van der Waals surface area (Å²) in [7, 11) is 0. The Balaban J connectivity index is 2.23. The molecule has 1 aromatic carbocycles. The predicted molar refractivity (Wildman–Crippen MR) is 169 cm³/mol. The molecule has 0 saturated carbocycles. The molecule has 2 rings (SSSR count). The fourth-order valence-electron chi connectivity index (χ4n) is 4.46. The van der Waals surface area contributed by atoms with E-state index in [4.69, 9.17) is 22.9 Å². The van der Waals surface area contributed by atoms with Gasteiger partial charge >= 0.3 is 5.97 Å². The number of guanidine groups is 1. The van der Waals surface area contributed by atoms with Gasteiger partial charge in [0, 0.05) is 30.1 Å². The van der Waals surface area contributed by atoms with Crippen LogP contribution in [0.5, 0.6) is 0 Å². The zero-order valence-electron chi connectivity index (χ0n) is 24.5. The van der Waals surface area contributed by atoms with Gasteiger partial charge in [-0.15, -0.1) is 0 Å². The standard InChI is InChI=1S/C28H45N9O5S/c1-43-14-11-21(25(39)36-22(27(41)42)10-4-5-12-29)35-26(40)23(15-17-16-34-20-9-3-2-7-18(17)20)37-24(38)19(30)8-6-13-33-28(31)32/h2-3,7,9,16,19,21-23,34H,4-6,8,10-15,29-30H2,1H3,(H,35,40)(H,36,39)(H,37,38)(H,41,42)(H4,31,32,33). The first kappa shape index (κ1) is 35.4. The first-order valence-corrected chi connectivity index (χ1v) is 15.7. The van der Waals surface area contributed by atoms with Gasteiger partial charge in [0.1, 0.15) is 18.1 Å². The Morgan fingerprint density at radius 3 is 2.28 bits per heavy atom. The Labute approximate surface area is 255 Å². The van der Waals surface area contributed by atoms with Crippen molar-refractivity contribution in [3.05, 3.63) is 36.0 Å². The number of carboxylic acids is 1. The van der Waals surface area contributed by atoms with E-state index in [2.05, 4.69) is 25.9 Å². The van der Waals surface area contributed by atoms with E-state index in [1.807, 2.05) is 30.5 Å². The van der Waals surface area contributed by atoms with Crippen molar-refractivity contribution in [2.75, 3.05) is 25.1 Å². The van der Waals surface area contributed by atoms with Gasteiger partial charge in [-0.3, -0.25) is 19.4 Å². The van der Waals surface area contributed by atoms with Crippen molar-refractivity contribution in [1.82, 2.24) is 20.9 Å². The van der Waals surface area contributed by atoms with Crippen LogP contribution in [-0.4, -0.2) is 89.0 Å². The molecule has 15 heteroatoms. The van der Waals surface area contributed by atoms with Gasteiger partial charge in [0.05, 0.1) is 6.04 Å². The molecule has 3 amide bonds. The summed E-state index contributed by atoms with van der Waals surface area (Å²) in [6, 6.07) is 3.42. The Morgan fingerprint density at radius 2 is 1.60 bits per heavy atom. The third kappa shape index (κ3) is 12.1. The van der Waals surface area contributed by atoms with Gasteiger partial charge < -0.3 is 49.0 Å². The minimum Gasteiger partial charge on any atom is -0.480 e. The van der Waals surface area contributed by atoms with Crippen LogP contribution in [0.4, 0.5) is 0 Å². The lowest BCUT2D eigenvalue weighted by molar-refractivity contribution is -0.142. The molecule has 0 bridgehead atoms. The largest absolute Gasteiger partial charge is 0.480 e. The van der Waals surface area contributed by atoms with Crippen LogP contribution in [0.1, 0.15) is 44.1 Å². The Bertz CT molecular complexity index is 1230. The van der Waals surface area contributed by atoms with Gasteiger partial charge in [-0.25, -0.2) is 4.79 Å². The number of rotatable bonds is 20. The average Bonchev–Trinajstić information content (AvgIpc) is 3.38. The number of aliphatic carboxylic acids is 1. The molecule has 1 heterocycles. The second kappa shape index (κ2) is 18.7. The van der Waals surface area contributed by atoms with Crippen molar-refractivity contribution in [2.24, 2.45) is 27.9 Å². The van der Waals surface area contributed by atoms with Crippen molar-refractivity contribution in [3.63, 3.8) is 0 Å². The van der Waals surface area contributed by atoms with E-state index in [-0.39, 0.29) is 31.6 Å². The summed E-state index contributed by atoms with van der Waals surface area (Å²) >= 11 is 1.48. The Kier molecular flexibility index (Phi) is 15.4. The third-order valence-corrected chi connectivity index (χ3v) is 7.49. The minimum absolute atomic E-state index is 0.0567. The molecule has 0 fully saturated rings. The number of carboxylic acid groups (broad SMARTS) is 1. The smallest absolute Gasteiger partial charge is 0.326 e. The minimum atomic E-state index is -1.17. The number of carbonyl (C=O) groups excluding carboxylic acids is 3. The molecule has 0 aliphatic carbocycles. The van der Waals surface area contributed by atoms with Crippen molar-refractivity contribution >= 4 is 52.3 Å². The number of hydrogen-bond donors (Lipinski definition) is 9. The van der Waals surface area contributed by atoms with Gasteiger partial charge in [-0.2, -0.15) is 11.8 Å². The highest BCUT2D eigenvalue weighted by molar-refractivity contribution is 7.98. The first-order valence-electron chi connectivity index (χ1n) is 14.3. The number of benzene rings is 1. The zero-order valence-corrected chi connectivity index (χ0v) is 25.3. The lowest BCUT2D eigenvalue weighted by Gasteiger charge is -2.25. The molecule has 0 aliphatic rings. The number of hydrogen-bond acceptors (Lipinski definition) is 8. The van der Waals surface area contributed by atoms with Crippen LogP contribution in [0.2, 0.25) is 0 Å². The number of nitrogens with two attached hydrogens (primary N) is 4. The predicted octanol–water partition coefficient (Wildman–Crippen LogP) is -0.488. The molecule has 43 heavy (non-hydrogen) atoms. The summed E-state index contributed by atoms with van der Waals surface area (Å²) in [5.41, 5.74) is 23.9.